The fourth-order valence-electron chi connectivity index (χ4n) is 4.05. The molecule has 3 rings (SSSR count). The number of nitrogens with zero attached hydrogens (tertiary/aromatic N) is 3. The summed E-state index contributed by atoms with van der Waals surface area (Å²) in [5, 5.41) is 3.47. The molecule has 2 fully saturated rings. The Balaban J connectivity index is 2.07. The Morgan fingerprint density at radius 1 is 1.17 bits per heavy atom. The van der Waals surface area contributed by atoms with Crippen LogP contribution in [0.4, 0.5) is 0 Å². The van der Waals surface area contributed by atoms with E-state index >= 15 is 0 Å². The van der Waals surface area contributed by atoms with E-state index < -0.39 is 11.7 Å². The summed E-state index contributed by atoms with van der Waals surface area (Å²) in [6.07, 6.45) is 6.76. The molecule has 1 saturated carbocycles. The highest BCUT2D eigenvalue weighted by atomic mass is 16.2. The minimum atomic E-state index is -0.544. The van der Waals surface area contributed by atoms with Gasteiger partial charge in [0.15, 0.2) is 0 Å². The van der Waals surface area contributed by atoms with Crippen molar-refractivity contribution in [2.45, 2.75) is 57.2 Å². The van der Waals surface area contributed by atoms with Crippen molar-refractivity contribution in [1.29, 1.82) is 0 Å². The number of carbonyl (C=O) groups excluding carboxylic acids is 1. The number of aryl methyl sites for hydroxylation is 1. The minimum absolute atomic E-state index is 0.102. The first-order valence-corrected chi connectivity index (χ1v) is 8.76. The fourth-order valence-corrected chi connectivity index (χ4v) is 4.05. The first-order valence-electron chi connectivity index (χ1n) is 8.76. The van der Waals surface area contributed by atoms with Crippen LogP contribution in [-0.2, 0) is 18.9 Å². The predicted molar refractivity (Wildman–Crippen MR) is 90.6 cm³/mol. The van der Waals surface area contributed by atoms with E-state index in [9.17, 15) is 14.4 Å². The molecule has 0 unspecified atom stereocenters. The standard InChI is InChI=1S/C17H26N4O3/c1-4-10-21-13(12-11-19(2)16(24)20(3)14(12)22)18-17(15(21)23)8-6-5-7-9-17/h11,13,18H,4-10H2,1-3H3/t13-/m1/s1. The molecule has 0 aromatic carbocycles. The molecule has 1 amide bonds. The second-order valence-electron chi connectivity index (χ2n) is 7.03. The van der Waals surface area contributed by atoms with E-state index in [1.807, 2.05) is 6.92 Å². The summed E-state index contributed by atoms with van der Waals surface area (Å²) in [6.45, 7) is 2.62. The Kier molecular flexibility index (Phi) is 4.38. The Morgan fingerprint density at radius 3 is 2.46 bits per heavy atom. The molecule has 1 aromatic rings. The SMILES string of the molecule is CCCN1C(=O)C2(CCCCC2)N[C@H]1c1cn(C)c(=O)n(C)c1=O. The van der Waals surface area contributed by atoms with Crippen molar-refractivity contribution in [2.24, 2.45) is 14.1 Å². The van der Waals surface area contributed by atoms with Crippen LogP contribution in [0.1, 0.15) is 57.2 Å². The van der Waals surface area contributed by atoms with Gasteiger partial charge in [-0.05, 0) is 19.3 Å². The summed E-state index contributed by atoms with van der Waals surface area (Å²) in [6, 6.07) is 0. The molecule has 2 heterocycles. The molecular formula is C17H26N4O3. The molecule has 1 aliphatic heterocycles. The van der Waals surface area contributed by atoms with Crippen molar-refractivity contribution in [2.75, 3.05) is 6.54 Å². The van der Waals surface area contributed by atoms with Gasteiger partial charge in [-0.25, -0.2) is 4.79 Å². The van der Waals surface area contributed by atoms with Crippen molar-refractivity contribution in [3.63, 3.8) is 0 Å². The number of nitrogens with one attached hydrogen (secondary N) is 1. The third kappa shape index (κ3) is 2.51. The molecular weight excluding hydrogens is 308 g/mol. The van der Waals surface area contributed by atoms with E-state index in [1.54, 1.807) is 18.1 Å². The zero-order valence-electron chi connectivity index (χ0n) is 14.7. The van der Waals surface area contributed by atoms with E-state index in [1.165, 1.54) is 11.6 Å². The Labute approximate surface area is 141 Å². The van der Waals surface area contributed by atoms with E-state index in [2.05, 4.69) is 5.32 Å². The van der Waals surface area contributed by atoms with Gasteiger partial charge in [-0.3, -0.25) is 19.5 Å². The van der Waals surface area contributed by atoms with Gasteiger partial charge in [-0.1, -0.05) is 26.2 Å². The van der Waals surface area contributed by atoms with Crippen LogP contribution in [0, 0.1) is 0 Å². The van der Waals surface area contributed by atoms with E-state index in [0.717, 1.165) is 43.1 Å². The molecule has 24 heavy (non-hydrogen) atoms. The lowest BCUT2D eigenvalue weighted by atomic mass is 9.81. The summed E-state index contributed by atoms with van der Waals surface area (Å²) in [5.41, 5.74) is -0.777. The van der Waals surface area contributed by atoms with E-state index in [-0.39, 0.29) is 17.2 Å². The van der Waals surface area contributed by atoms with Gasteiger partial charge in [-0.15, -0.1) is 0 Å². The number of amides is 1. The lowest BCUT2D eigenvalue weighted by Crippen LogP contribution is -2.48. The molecule has 1 saturated heterocycles. The summed E-state index contributed by atoms with van der Waals surface area (Å²) >= 11 is 0. The smallest absolute Gasteiger partial charge is 0.321 e. The van der Waals surface area contributed by atoms with Crippen LogP contribution in [-0.4, -0.2) is 32.0 Å². The second kappa shape index (κ2) is 6.20. The number of carbonyl (C=O) groups is 1. The van der Waals surface area contributed by atoms with E-state index in [4.69, 9.17) is 0 Å². The third-order valence-corrected chi connectivity index (χ3v) is 5.33. The van der Waals surface area contributed by atoms with Crippen molar-refractivity contribution < 1.29 is 4.79 Å². The van der Waals surface area contributed by atoms with Crippen LogP contribution < -0.4 is 16.6 Å². The molecule has 7 nitrogen and oxygen atoms in total. The highest BCUT2D eigenvalue weighted by Crippen LogP contribution is 2.39. The van der Waals surface area contributed by atoms with Crippen LogP contribution >= 0.6 is 0 Å². The molecule has 1 N–H and O–H groups in total. The summed E-state index contributed by atoms with van der Waals surface area (Å²) < 4.78 is 2.51. The van der Waals surface area contributed by atoms with Gasteiger partial charge in [0.05, 0.1) is 11.1 Å². The van der Waals surface area contributed by atoms with Crippen LogP contribution in [0.15, 0.2) is 15.8 Å². The topological polar surface area (TPSA) is 76.3 Å². The lowest BCUT2D eigenvalue weighted by molar-refractivity contribution is -0.134. The van der Waals surface area contributed by atoms with Crippen LogP contribution in [0.2, 0.25) is 0 Å². The highest BCUT2D eigenvalue weighted by Gasteiger charge is 2.51. The number of aromatic nitrogens is 2. The molecule has 7 heteroatoms. The van der Waals surface area contributed by atoms with Crippen molar-refractivity contribution in [3.05, 3.63) is 32.6 Å². The van der Waals surface area contributed by atoms with Gasteiger partial charge < -0.3 is 9.47 Å². The third-order valence-electron chi connectivity index (χ3n) is 5.33. The Hall–Kier alpha value is -1.89. The Bertz CT molecular complexity index is 758. The molecule has 132 valence electrons. The summed E-state index contributed by atoms with van der Waals surface area (Å²) in [4.78, 5) is 39.5. The summed E-state index contributed by atoms with van der Waals surface area (Å²) in [5.74, 6) is 0.102. The van der Waals surface area contributed by atoms with Crippen molar-refractivity contribution in [1.82, 2.24) is 19.4 Å². The average Bonchev–Trinajstić information content (AvgIpc) is 2.83. The van der Waals surface area contributed by atoms with Gasteiger partial charge in [-0.2, -0.15) is 0 Å². The number of hydrogen-bond donors (Lipinski definition) is 1. The summed E-state index contributed by atoms with van der Waals surface area (Å²) in [7, 11) is 3.11. The highest BCUT2D eigenvalue weighted by molar-refractivity contribution is 5.89. The van der Waals surface area contributed by atoms with Gasteiger partial charge >= 0.3 is 5.69 Å². The second-order valence-corrected chi connectivity index (χ2v) is 7.03. The zero-order chi connectivity index (χ0) is 17.5. The van der Waals surface area contributed by atoms with Crippen LogP contribution in [0.3, 0.4) is 0 Å². The average molecular weight is 334 g/mol. The first kappa shape index (κ1) is 17.0. The largest absolute Gasteiger partial charge is 0.330 e. The maximum atomic E-state index is 13.1. The fraction of sp³-hybridized carbons (Fsp3) is 0.706. The van der Waals surface area contributed by atoms with Gasteiger partial charge in [0.25, 0.3) is 5.56 Å². The van der Waals surface area contributed by atoms with Crippen LogP contribution in [0.25, 0.3) is 0 Å². The quantitative estimate of drug-likeness (QED) is 0.879. The van der Waals surface area contributed by atoms with Crippen LogP contribution in [0.5, 0.6) is 0 Å². The minimum Gasteiger partial charge on any atom is -0.321 e. The molecule has 2 aliphatic rings. The lowest BCUT2D eigenvalue weighted by Gasteiger charge is -2.31. The molecule has 1 aromatic heterocycles. The maximum Gasteiger partial charge on any atom is 0.330 e. The van der Waals surface area contributed by atoms with Gasteiger partial charge in [0, 0.05) is 26.8 Å². The van der Waals surface area contributed by atoms with Crippen molar-refractivity contribution >= 4 is 5.91 Å². The zero-order valence-corrected chi connectivity index (χ0v) is 14.7. The molecule has 1 atom stereocenters. The molecule has 1 aliphatic carbocycles. The first-order chi connectivity index (χ1) is 11.4. The Morgan fingerprint density at radius 2 is 1.83 bits per heavy atom. The van der Waals surface area contributed by atoms with Gasteiger partial charge in [0.1, 0.15) is 6.17 Å². The molecule has 1 spiro atoms. The van der Waals surface area contributed by atoms with Crippen molar-refractivity contribution in [3.8, 4) is 0 Å². The monoisotopic (exact) mass is 334 g/mol. The maximum absolute atomic E-state index is 13.1. The normalized spacial score (nSPS) is 23.2. The van der Waals surface area contributed by atoms with Gasteiger partial charge in [0.2, 0.25) is 5.91 Å². The number of rotatable bonds is 3. The molecule has 0 radical (unpaired) electrons. The number of hydrogen-bond acceptors (Lipinski definition) is 4. The molecule has 0 bridgehead atoms. The van der Waals surface area contributed by atoms with E-state index in [0.29, 0.717) is 12.1 Å². The predicted octanol–water partition coefficient (Wildman–Crippen LogP) is 0.627.